The van der Waals surface area contributed by atoms with Crippen LogP contribution in [0.15, 0.2) is 0 Å². The monoisotopic (exact) mass is 395 g/mol. The molecule has 0 aromatic rings. The first kappa shape index (κ1) is 27.1. The van der Waals surface area contributed by atoms with Crippen LogP contribution in [-0.4, -0.2) is 29.7 Å². The molecule has 0 heterocycles. The van der Waals surface area contributed by atoms with E-state index in [0.29, 0.717) is 18.1 Å². The Morgan fingerprint density at radius 2 is 1.25 bits per heavy atom. The molecule has 0 aliphatic carbocycles. The van der Waals surface area contributed by atoms with Gasteiger partial charge in [-0.15, -0.1) is 0 Å². The van der Waals surface area contributed by atoms with Crippen molar-refractivity contribution in [2.75, 3.05) is 13.1 Å². The van der Waals surface area contributed by atoms with Crippen molar-refractivity contribution >= 4 is 11.7 Å². The third kappa shape index (κ3) is 14.2. The lowest BCUT2D eigenvalue weighted by Crippen LogP contribution is -2.31. The highest BCUT2D eigenvalue weighted by molar-refractivity contribution is 5.80. The first-order valence-electron chi connectivity index (χ1n) is 12.4. The molecule has 28 heavy (non-hydrogen) atoms. The predicted octanol–water partition coefficient (Wildman–Crippen LogP) is 7.32. The molecule has 0 bridgehead atoms. The summed E-state index contributed by atoms with van der Waals surface area (Å²) < 4.78 is 0. The third-order valence-corrected chi connectivity index (χ3v) is 5.83. The van der Waals surface area contributed by atoms with E-state index in [-0.39, 0.29) is 5.92 Å². The smallest absolute Gasteiger partial charge is 0.222 e. The molecule has 0 N–H and O–H groups in total. The second kappa shape index (κ2) is 19.5. The van der Waals surface area contributed by atoms with Crippen LogP contribution < -0.4 is 0 Å². The van der Waals surface area contributed by atoms with Crippen molar-refractivity contribution in [3.8, 4) is 0 Å². The van der Waals surface area contributed by atoms with Crippen molar-refractivity contribution in [1.29, 1.82) is 0 Å². The van der Waals surface area contributed by atoms with Crippen LogP contribution in [0.3, 0.4) is 0 Å². The normalized spacial score (nSPS) is 12.1. The largest absolute Gasteiger partial charge is 0.343 e. The zero-order valence-corrected chi connectivity index (χ0v) is 19.6. The maximum atomic E-state index is 12.5. The van der Waals surface area contributed by atoms with Gasteiger partial charge in [-0.3, -0.25) is 9.59 Å². The summed E-state index contributed by atoms with van der Waals surface area (Å²) in [5.41, 5.74) is 0. The average molecular weight is 396 g/mol. The minimum absolute atomic E-state index is 0.272. The Bertz CT molecular complexity index is 381. The predicted molar refractivity (Wildman–Crippen MR) is 122 cm³/mol. The lowest BCUT2D eigenvalue weighted by atomic mass is 9.89. The Morgan fingerprint density at radius 1 is 0.643 bits per heavy atom. The lowest BCUT2D eigenvalue weighted by Gasteiger charge is -2.21. The fourth-order valence-corrected chi connectivity index (χ4v) is 3.94. The number of Topliss-reactive ketones (excluding diaryl/α,β-unsaturated/α-hetero) is 1. The average Bonchev–Trinajstić information content (AvgIpc) is 2.70. The SMILES string of the molecule is CCCCCCC(=O)C(CCC)CCCCCN(CC)C(=O)CCCCCC. The molecule has 1 atom stereocenters. The van der Waals surface area contributed by atoms with E-state index in [1.54, 1.807) is 0 Å². The fourth-order valence-electron chi connectivity index (χ4n) is 3.94. The third-order valence-electron chi connectivity index (χ3n) is 5.83. The number of amides is 1. The van der Waals surface area contributed by atoms with E-state index in [4.69, 9.17) is 0 Å². The van der Waals surface area contributed by atoms with Gasteiger partial charge in [-0.2, -0.15) is 0 Å². The van der Waals surface area contributed by atoms with Crippen LogP contribution in [0, 0.1) is 5.92 Å². The molecule has 0 saturated carbocycles. The van der Waals surface area contributed by atoms with Crippen molar-refractivity contribution in [3.05, 3.63) is 0 Å². The van der Waals surface area contributed by atoms with E-state index in [1.165, 1.54) is 38.5 Å². The van der Waals surface area contributed by atoms with Crippen LogP contribution in [0.1, 0.15) is 130 Å². The Labute approximate surface area is 176 Å². The molecule has 0 aliphatic heterocycles. The summed E-state index contributed by atoms with van der Waals surface area (Å²) in [5.74, 6) is 1.09. The molecule has 1 unspecified atom stereocenters. The highest BCUT2D eigenvalue weighted by atomic mass is 16.2. The summed E-state index contributed by atoms with van der Waals surface area (Å²) in [7, 11) is 0. The van der Waals surface area contributed by atoms with Gasteiger partial charge in [0.15, 0.2) is 0 Å². The van der Waals surface area contributed by atoms with Gasteiger partial charge in [0.05, 0.1) is 0 Å². The number of carbonyl (C=O) groups excluding carboxylic acids is 2. The Hall–Kier alpha value is -0.860. The van der Waals surface area contributed by atoms with E-state index in [2.05, 4.69) is 27.7 Å². The molecule has 166 valence electrons. The van der Waals surface area contributed by atoms with Crippen LogP contribution in [0.25, 0.3) is 0 Å². The molecule has 0 spiro atoms. The molecule has 0 aromatic carbocycles. The van der Waals surface area contributed by atoms with Crippen LogP contribution in [0.2, 0.25) is 0 Å². The maximum absolute atomic E-state index is 12.5. The van der Waals surface area contributed by atoms with Crippen molar-refractivity contribution in [2.45, 2.75) is 130 Å². The molecule has 3 nitrogen and oxygen atoms in total. The summed E-state index contributed by atoms with van der Waals surface area (Å²) in [6.45, 7) is 10.4. The number of carbonyl (C=O) groups is 2. The molecule has 0 fully saturated rings. The minimum atomic E-state index is 0.272. The number of unbranched alkanes of at least 4 members (excludes halogenated alkanes) is 8. The second-order valence-electron chi connectivity index (χ2n) is 8.40. The van der Waals surface area contributed by atoms with Crippen LogP contribution in [0.5, 0.6) is 0 Å². The van der Waals surface area contributed by atoms with Gasteiger partial charge in [0.1, 0.15) is 5.78 Å². The highest BCUT2D eigenvalue weighted by Gasteiger charge is 2.17. The van der Waals surface area contributed by atoms with Gasteiger partial charge in [-0.05, 0) is 39.0 Å². The summed E-state index contributed by atoms with van der Waals surface area (Å²) in [5, 5.41) is 0. The lowest BCUT2D eigenvalue weighted by molar-refractivity contribution is -0.131. The molecular weight excluding hydrogens is 346 g/mol. The highest BCUT2D eigenvalue weighted by Crippen LogP contribution is 2.20. The van der Waals surface area contributed by atoms with E-state index in [9.17, 15) is 9.59 Å². The topological polar surface area (TPSA) is 37.4 Å². The van der Waals surface area contributed by atoms with E-state index >= 15 is 0 Å². The Balaban J connectivity index is 4.02. The number of hydrogen-bond acceptors (Lipinski definition) is 2. The fraction of sp³-hybridized carbons (Fsp3) is 0.920. The molecule has 3 heteroatoms. The van der Waals surface area contributed by atoms with Gasteiger partial charge in [-0.25, -0.2) is 0 Å². The molecule has 0 radical (unpaired) electrons. The summed E-state index contributed by atoms with van der Waals surface area (Å²) in [6, 6.07) is 0. The van der Waals surface area contributed by atoms with E-state index in [0.717, 1.165) is 70.9 Å². The van der Waals surface area contributed by atoms with Crippen LogP contribution in [0.4, 0.5) is 0 Å². The van der Waals surface area contributed by atoms with Crippen LogP contribution >= 0.6 is 0 Å². The van der Waals surface area contributed by atoms with E-state index in [1.807, 2.05) is 4.90 Å². The van der Waals surface area contributed by atoms with Gasteiger partial charge in [0.25, 0.3) is 0 Å². The Morgan fingerprint density at radius 3 is 1.82 bits per heavy atom. The number of hydrogen-bond donors (Lipinski definition) is 0. The first-order valence-corrected chi connectivity index (χ1v) is 12.4. The summed E-state index contributed by atoms with van der Waals surface area (Å²) in [6.07, 6.45) is 17.4. The molecule has 1 amide bonds. The summed E-state index contributed by atoms with van der Waals surface area (Å²) in [4.78, 5) is 26.8. The minimum Gasteiger partial charge on any atom is -0.343 e. The van der Waals surface area contributed by atoms with Crippen LogP contribution in [-0.2, 0) is 9.59 Å². The quantitative estimate of drug-likeness (QED) is 0.202. The molecule has 0 aliphatic rings. The van der Waals surface area contributed by atoms with Gasteiger partial charge in [-0.1, -0.05) is 78.6 Å². The van der Waals surface area contributed by atoms with Gasteiger partial charge in [0.2, 0.25) is 5.91 Å². The molecule has 0 aromatic heterocycles. The van der Waals surface area contributed by atoms with Gasteiger partial charge >= 0.3 is 0 Å². The standard InChI is InChI=1S/C25H49NO2/c1-5-9-11-15-20-24(27)23(18-7-3)19-14-13-17-22-26(8-4)25(28)21-16-12-10-6-2/h23H,5-22H2,1-4H3. The van der Waals surface area contributed by atoms with Gasteiger partial charge < -0.3 is 4.90 Å². The van der Waals surface area contributed by atoms with Crippen molar-refractivity contribution in [3.63, 3.8) is 0 Å². The molecule has 0 saturated heterocycles. The van der Waals surface area contributed by atoms with Gasteiger partial charge in [0, 0.05) is 31.8 Å². The van der Waals surface area contributed by atoms with Crippen molar-refractivity contribution < 1.29 is 9.59 Å². The van der Waals surface area contributed by atoms with Crippen molar-refractivity contribution in [1.82, 2.24) is 4.90 Å². The summed E-state index contributed by atoms with van der Waals surface area (Å²) >= 11 is 0. The number of nitrogens with zero attached hydrogens (tertiary/aromatic N) is 1. The number of ketones is 1. The Kier molecular flexibility index (Phi) is 18.9. The zero-order valence-electron chi connectivity index (χ0n) is 19.6. The maximum Gasteiger partial charge on any atom is 0.222 e. The number of rotatable bonds is 20. The van der Waals surface area contributed by atoms with E-state index < -0.39 is 0 Å². The molecular formula is C25H49NO2. The van der Waals surface area contributed by atoms with Crippen molar-refractivity contribution in [2.24, 2.45) is 5.92 Å². The second-order valence-corrected chi connectivity index (χ2v) is 8.40. The molecule has 0 rings (SSSR count). The zero-order chi connectivity index (χ0) is 21.0. The first-order chi connectivity index (χ1) is 13.6.